The second-order valence-electron chi connectivity index (χ2n) is 9.85. The van der Waals surface area contributed by atoms with Gasteiger partial charge in [-0.2, -0.15) is 0 Å². The molecule has 4 N–H and O–H groups in total. The van der Waals surface area contributed by atoms with Crippen LogP contribution in [0.1, 0.15) is 36.2 Å². The number of amides is 1. The van der Waals surface area contributed by atoms with Crippen molar-refractivity contribution in [3.05, 3.63) is 53.8 Å². The van der Waals surface area contributed by atoms with Crippen LogP contribution in [0.3, 0.4) is 0 Å². The van der Waals surface area contributed by atoms with Gasteiger partial charge in [0, 0.05) is 48.2 Å². The first kappa shape index (κ1) is 24.7. The molecule has 0 bridgehead atoms. The van der Waals surface area contributed by atoms with Crippen LogP contribution in [0.2, 0.25) is 0 Å². The van der Waals surface area contributed by atoms with Crippen LogP contribution in [0.15, 0.2) is 48.1 Å². The Morgan fingerprint density at radius 3 is 2.67 bits per heavy atom. The maximum Gasteiger partial charge on any atom is 0.275 e. The molecule has 0 saturated carbocycles. The van der Waals surface area contributed by atoms with E-state index in [-0.39, 0.29) is 5.91 Å². The van der Waals surface area contributed by atoms with Crippen LogP contribution < -0.4 is 21.3 Å². The average Bonchev–Trinajstić information content (AvgIpc) is 3.42. The maximum atomic E-state index is 13.3. The summed E-state index contributed by atoms with van der Waals surface area (Å²) in [5.41, 5.74) is 10.1. The first-order valence-corrected chi connectivity index (χ1v) is 13.7. The number of thiazole rings is 1. The van der Waals surface area contributed by atoms with Crippen molar-refractivity contribution < 1.29 is 4.79 Å². The highest BCUT2D eigenvalue weighted by atomic mass is 32.1. The summed E-state index contributed by atoms with van der Waals surface area (Å²) >= 11 is 1.45. The van der Waals surface area contributed by atoms with Crippen molar-refractivity contribution in [1.82, 2.24) is 14.9 Å². The zero-order valence-corrected chi connectivity index (χ0v) is 21.6. The van der Waals surface area contributed by atoms with Gasteiger partial charge in [-0.05, 0) is 88.6 Å². The lowest BCUT2D eigenvalue weighted by Gasteiger charge is -2.35. The van der Waals surface area contributed by atoms with Crippen molar-refractivity contribution in [2.24, 2.45) is 11.7 Å². The highest BCUT2D eigenvalue weighted by Crippen LogP contribution is 2.34. The topological polar surface area (TPSA) is 99.4 Å². The van der Waals surface area contributed by atoms with Crippen LogP contribution in [0.4, 0.5) is 17.1 Å². The molecule has 0 radical (unpaired) electrons. The molecule has 9 heteroatoms. The van der Waals surface area contributed by atoms with Gasteiger partial charge >= 0.3 is 0 Å². The Bertz CT molecular complexity index is 1150. The largest absolute Gasteiger partial charge is 0.382 e. The third-order valence-corrected chi connectivity index (χ3v) is 8.16. The number of carbonyl (C=O) groups is 1. The number of rotatable bonds is 7. The van der Waals surface area contributed by atoms with Crippen molar-refractivity contribution >= 4 is 34.3 Å². The highest BCUT2D eigenvalue weighted by molar-refractivity contribution is 7.13. The molecule has 8 nitrogen and oxygen atoms in total. The molecule has 4 heterocycles. The van der Waals surface area contributed by atoms with E-state index in [0.717, 1.165) is 86.0 Å². The van der Waals surface area contributed by atoms with Crippen LogP contribution in [0.25, 0.3) is 10.6 Å². The summed E-state index contributed by atoms with van der Waals surface area (Å²) in [5, 5.41) is 9.46. The molecule has 1 amide bonds. The lowest BCUT2D eigenvalue weighted by molar-refractivity contribution is 0.102. The van der Waals surface area contributed by atoms with Crippen LogP contribution in [-0.4, -0.2) is 66.6 Å². The van der Waals surface area contributed by atoms with Crippen LogP contribution in [0, 0.1) is 5.92 Å². The zero-order chi connectivity index (χ0) is 24.9. The predicted octanol–water partition coefficient (Wildman–Crippen LogP) is 4.14. The fourth-order valence-electron chi connectivity index (χ4n) is 4.99. The van der Waals surface area contributed by atoms with E-state index < -0.39 is 0 Å². The van der Waals surface area contributed by atoms with E-state index in [4.69, 9.17) is 5.73 Å². The minimum Gasteiger partial charge on any atom is -0.382 e. The standard InChI is InChI=1S/C27H35N7OS/c1-33-11-8-21(9-12-33)30-22-4-5-25(34-13-6-19(16-28)7-14-34)23(15-22)31-26(35)24-18-36-27(32-24)20-3-2-10-29-17-20/h2-5,10,15,17-19,21,30H,6-9,11-14,16,28H2,1H3,(H,31,35). The van der Waals surface area contributed by atoms with Gasteiger partial charge < -0.3 is 26.2 Å². The number of nitrogens with one attached hydrogen (secondary N) is 2. The summed E-state index contributed by atoms with van der Waals surface area (Å²) in [6.07, 6.45) is 7.86. The SMILES string of the molecule is CN1CCC(Nc2ccc(N3CCC(CN)CC3)c(NC(=O)c3csc(-c4cccnc4)n3)c2)CC1. The van der Waals surface area contributed by atoms with Gasteiger partial charge in [-0.3, -0.25) is 9.78 Å². The number of pyridine rings is 1. The molecule has 190 valence electrons. The van der Waals surface area contributed by atoms with E-state index in [1.54, 1.807) is 12.4 Å². The number of nitrogens with two attached hydrogens (primary N) is 1. The van der Waals surface area contributed by atoms with Gasteiger partial charge in [0.05, 0.1) is 11.4 Å². The molecule has 2 saturated heterocycles. The molecular formula is C27H35N7OS. The monoisotopic (exact) mass is 505 g/mol. The molecule has 0 aliphatic carbocycles. The molecule has 2 fully saturated rings. The van der Waals surface area contributed by atoms with Crippen LogP contribution in [0.5, 0.6) is 0 Å². The summed E-state index contributed by atoms with van der Waals surface area (Å²) in [4.78, 5) is 26.8. The quantitative estimate of drug-likeness (QED) is 0.444. The van der Waals surface area contributed by atoms with Crippen molar-refractivity contribution in [1.29, 1.82) is 0 Å². The van der Waals surface area contributed by atoms with Gasteiger partial charge in [-0.1, -0.05) is 0 Å². The number of hydrogen-bond donors (Lipinski definition) is 3. The lowest BCUT2D eigenvalue weighted by Crippen LogP contribution is -2.37. The fraction of sp³-hybridized carbons (Fsp3) is 0.444. The highest BCUT2D eigenvalue weighted by Gasteiger charge is 2.23. The molecule has 36 heavy (non-hydrogen) atoms. The third kappa shape index (κ3) is 5.86. The number of piperidine rings is 2. The second kappa shape index (κ2) is 11.4. The van der Waals surface area contributed by atoms with Gasteiger partial charge in [-0.15, -0.1) is 11.3 Å². The summed E-state index contributed by atoms with van der Waals surface area (Å²) in [7, 11) is 2.17. The predicted molar refractivity (Wildman–Crippen MR) is 148 cm³/mol. The Labute approximate surface area is 216 Å². The summed E-state index contributed by atoms with van der Waals surface area (Å²) in [6, 6.07) is 10.6. The van der Waals surface area contributed by atoms with Gasteiger partial charge in [0.1, 0.15) is 10.7 Å². The van der Waals surface area contributed by atoms with Crippen molar-refractivity contribution in [3.8, 4) is 10.6 Å². The molecule has 2 aromatic heterocycles. The molecule has 5 rings (SSSR count). The minimum atomic E-state index is -0.198. The third-order valence-electron chi connectivity index (χ3n) is 7.27. The van der Waals surface area contributed by atoms with E-state index in [0.29, 0.717) is 17.7 Å². The Morgan fingerprint density at radius 1 is 1.14 bits per heavy atom. The van der Waals surface area contributed by atoms with Crippen LogP contribution in [-0.2, 0) is 0 Å². The molecule has 3 aromatic rings. The Morgan fingerprint density at radius 2 is 1.94 bits per heavy atom. The van der Waals surface area contributed by atoms with Crippen LogP contribution >= 0.6 is 11.3 Å². The number of hydrogen-bond acceptors (Lipinski definition) is 8. The smallest absolute Gasteiger partial charge is 0.275 e. The Balaban J connectivity index is 1.36. The van der Waals surface area contributed by atoms with E-state index >= 15 is 0 Å². The molecule has 0 atom stereocenters. The average molecular weight is 506 g/mol. The number of nitrogens with zero attached hydrogens (tertiary/aromatic N) is 4. The van der Waals surface area contributed by atoms with Crippen molar-refractivity contribution in [2.75, 3.05) is 55.3 Å². The number of benzene rings is 1. The van der Waals surface area contributed by atoms with Gasteiger partial charge in [0.15, 0.2) is 0 Å². The number of anilines is 3. The summed E-state index contributed by atoms with van der Waals surface area (Å²) in [6.45, 7) is 4.81. The molecule has 1 aromatic carbocycles. The molecule has 0 unspecified atom stereocenters. The van der Waals surface area contributed by atoms with Gasteiger partial charge in [-0.25, -0.2) is 4.98 Å². The molecule has 0 spiro atoms. The van der Waals surface area contributed by atoms with E-state index in [1.807, 2.05) is 17.5 Å². The first-order chi connectivity index (χ1) is 17.6. The number of likely N-dealkylation sites (tertiary alicyclic amines) is 1. The first-order valence-electron chi connectivity index (χ1n) is 12.8. The normalized spacial score (nSPS) is 17.8. The lowest BCUT2D eigenvalue weighted by atomic mass is 9.96. The van der Waals surface area contributed by atoms with Crippen molar-refractivity contribution in [3.63, 3.8) is 0 Å². The van der Waals surface area contributed by atoms with E-state index in [2.05, 4.69) is 55.6 Å². The summed E-state index contributed by atoms with van der Waals surface area (Å²) in [5.74, 6) is 0.376. The fourth-order valence-corrected chi connectivity index (χ4v) is 5.78. The number of aromatic nitrogens is 2. The minimum absolute atomic E-state index is 0.198. The summed E-state index contributed by atoms with van der Waals surface area (Å²) < 4.78 is 0. The number of carbonyl (C=O) groups excluding carboxylic acids is 1. The molecule has 2 aliphatic rings. The van der Waals surface area contributed by atoms with E-state index in [9.17, 15) is 4.79 Å². The molecular weight excluding hydrogens is 470 g/mol. The zero-order valence-electron chi connectivity index (χ0n) is 20.8. The van der Waals surface area contributed by atoms with Gasteiger partial charge in [0.2, 0.25) is 0 Å². The van der Waals surface area contributed by atoms with Gasteiger partial charge in [0.25, 0.3) is 5.91 Å². The van der Waals surface area contributed by atoms with E-state index in [1.165, 1.54) is 11.3 Å². The second-order valence-corrected chi connectivity index (χ2v) is 10.7. The van der Waals surface area contributed by atoms with Crippen molar-refractivity contribution in [2.45, 2.75) is 31.7 Å². The Hall–Kier alpha value is -3.01. The Kier molecular flexibility index (Phi) is 7.79. The molecule has 2 aliphatic heterocycles. The maximum absolute atomic E-state index is 13.3.